The van der Waals surface area contributed by atoms with Gasteiger partial charge in [0.2, 0.25) is 0 Å². The molecule has 174 valence electrons. The third-order valence-electron chi connectivity index (χ3n) is 6.00. The quantitative estimate of drug-likeness (QED) is 0.220. The van der Waals surface area contributed by atoms with E-state index in [0.717, 1.165) is 47.1 Å². The third kappa shape index (κ3) is 4.34. The first kappa shape index (κ1) is 22.6. The van der Waals surface area contributed by atoms with Crippen molar-refractivity contribution in [1.82, 2.24) is 5.16 Å². The van der Waals surface area contributed by atoms with Gasteiger partial charge in [0, 0.05) is 10.4 Å². The van der Waals surface area contributed by atoms with Crippen LogP contribution in [0.25, 0.3) is 28.3 Å². The van der Waals surface area contributed by atoms with Gasteiger partial charge in [-0.25, -0.2) is 4.79 Å². The number of ether oxygens (including phenoxy) is 1. The zero-order valence-corrected chi connectivity index (χ0v) is 19.8. The second-order valence-corrected chi connectivity index (χ2v) is 9.29. The molecule has 1 amide bonds. The molecule has 7 nitrogen and oxygen atoms in total. The van der Waals surface area contributed by atoms with Gasteiger partial charge in [-0.2, -0.15) is 5.26 Å². The molecule has 2 aromatic heterocycles. The molecule has 0 bridgehead atoms. The van der Waals surface area contributed by atoms with E-state index in [4.69, 9.17) is 9.26 Å². The number of fused-ring (bicyclic) bond motifs is 2. The lowest BCUT2D eigenvalue weighted by molar-refractivity contribution is -0.112. The lowest BCUT2D eigenvalue weighted by Crippen LogP contribution is -2.16. The van der Waals surface area contributed by atoms with E-state index in [9.17, 15) is 14.9 Å². The number of rotatable bonds is 5. The van der Waals surface area contributed by atoms with Crippen LogP contribution < -0.4 is 5.32 Å². The Labute approximate surface area is 205 Å². The van der Waals surface area contributed by atoms with Crippen molar-refractivity contribution in [1.29, 1.82) is 5.26 Å². The highest BCUT2D eigenvalue weighted by Gasteiger charge is 2.27. The standard InChI is InChI=1S/C27H21N3O4S/c1-33-27(32)23-19-9-5-6-10-22(19)35-26(23)29-25(31)18(15-28)13-16-11-12-21-20(14-16)24(34-30-21)17-7-3-2-4-8-17/h2-4,7-8,11-14H,5-6,9-10H2,1H3,(H,29,31)/b18-13+. The summed E-state index contributed by atoms with van der Waals surface area (Å²) >= 11 is 1.38. The summed E-state index contributed by atoms with van der Waals surface area (Å²) in [6, 6.07) is 17.0. The third-order valence-corrected chi connectivity index (χ3v) is 7.21. The fourth-order valence-electron chi connectivity index (χ4n) is 4.30. The fraction of sp³-hybridized carbons (Fsp3) is 0.185. The second kappa shape index (κ2) is 9.57. The van der Waals surface area contributed by atoms with Crippen LogP contribution in [0.5, 0.6) is 0 Å². The number of benzene rings is 2. The number of carbonyl (C=O) groups excluding carboxylic acids is 2. The van der Waals surface area contributed by atoms with Crippen molar-refractivity contribution < 1.29 is 18.8 Å². The van der Waals surface area contributed by atoms with Gasteiger partial charge in [0.15, 0.2) is 5.76 Å². The van der Waals surface area contributed by atoms with Crippen LogP contribution in [0.1, 0.15) is 39.2 Å². The van der Waals surface area contributed by atoms with Crippen molar-refractivity contribution in [3.63, 3.8) is 0 Å². The molecule has 0 spiro atoms. The molecule has 8 heteroatoms. The number of aromatic nitrogens is 1. The molecule has 1 N–H and O–H groups in total. The topological polar surface area (TPSA) is 105 Å². The van der Waals surface area contributed by atoms with Gasteiger partial charge in [-0.3, -0.25) is 4.79 Å². The minimum Gasteiger partial charge on any atom is -0.465 e. The lowest BCUT2D eigenvalue weighted by Gasteiger charge is -2.11. The number of amides is 1. The van der Waals surface area contributed by atoms with Gasteiger partial charge in [-0.15, -0.1) is 11.3 Å². The molecule has 0 radical (unpaired) electrons. The number of nitriles is 1. The Balaban J connectivity index is 1.47. The highest BCUT2D eigenvalue weighted by molar-refractivity contribution is 7.17. The Morgan fingerprint density at radius 1 is 1.17 bits per heavy atom. The first-order valence-corrected chi connectivity index (χ1v) is 12.0. The van der Waals surface area contributed by atoms with Crippen molar-refractivity contribution in [2.45, 2.75) is 25.7 Å². The Kier molecular flexibility index (Phi) is 6.17. The molecule has 35 heavy (non-hydrogen) atoms. The van der Waals surface area contributed by atoms with Crippen molar-refractivity contribution in [3.8, 4) is 17.4 Å². The predicted octanol–water partition coefficient (Wildman–Crippen LogP) is 5.77. The van der Waals surface area contributed by atoms with Crippen molar-refractivity contribution in [2.24, 2.45) is 0 Å². The molecular weight excluding hydrogens is 462 g/mol. The normalized spacial score (nSPS) is 13.2. The van der Waals surface area contributed by atoms with Gasteiger partial charge in [-0.1, -0.05) is 41.6 Å². The Hall–Kier alpha value is -4.22. The fourth-order valence-corrected chi connectivity index (χ4v) is 5.58. The molecule has 1 aliphatic carbocycles. The maximum Gasteiger partial charge on any atom is 0.341 e. The molecule has 5 rings (SSSR count). The van der Waals surface area contributed by atoms with Crippen molar-refractivity contribution >= 4 is 45.2 Å². The van der Waals surface area contributed by atoms with E-state index in [1.807, 2.05) is 42.5 Å². The number of methoxy groups -OCH3 is 1. The van der Waals surface area contributed by atoms with Crippen LogP contribution in [0.4, 0.5) is 5.00 Å². The summed E-state index contributed by atoms with van der Waals surface area (Å²) in [6.45, 7) is 0. The summed E-state index contributed by atoms with van der Waals surface area (Å²) in [6.07, 6.45) is 5.18. The highest BCUT2D eigenvalue weighted by Crippen LogP contribution is 2.39. The van der Waals surface area contributed by atoms with E-state index in [1.165, 1.54) is 24.5 Å². The second-order valence-electron chi connectivity index (χ2n) is 8.18. The van der Waals surface area contributed by atoms with Crippen molar-refractivity contribution in [3.05, 3.63) is 75.7 Å². The van der Waals surface area contributed by atoms with E-state index < -0.39 is 11.9 Å². The molecule has 0 atom stereocenters. The molecule has 0 saturated heterocycles. The van der Waals surface area contributed by atoms with E-state index in [-0.39, 0.29) is 5.57 Å². The average molecular weight is 484 g/mol. The molecule has 4 aromatic rings. The van der Waals surface area contributed by atoms with Gasteiger partial charge in [0.1, 0.15) is 22.2 Å². The Bertz CT molecular complexity index is 1510. The lowest BCUT2D eigenvalue weighted by atomic mass is 9.95. The molecule has 0 fully saturated rings. The molecular formula is C27H21N3O4S. The molecule has 1 aliphatic rings. The first-order chi connectivity index (χ1) is 17.1. The summed E-state index contributed by atoms with van der Waals surface area (Å²) in [5, 5.41) is 17.8. The average Bonchev–Trinajstić information content (AvgIpc) is 3.48. The largest absolute Gasteiger partial charge is 0.465 e. The Morgan fingerprint density at radius 3 is 2.74 bits per heavy atom. The molecule has 0 aliphatic heterocycles. The number of esters is 1. The summed E-state index contributed by atoms with van der Waals surface area (Å²) in [5.41, 5.74) is 3.48. The summed E-state index contributed by atoms with van der Waals surface area (Å²) in [4.78, 5) is 26.6. The van der Waals surface area contributed by atoms with Crippen molar-refractivity contribution in [2.75, 3.05) is 12.4 Å². The summed E-state index contributed by atoms with van der Waals surface area (Å²) in [7, 11) is 1.33. The highest BCUT2D eigenvalue weighted by atomic mass is 32.1. The van der Waals surface area contributed by atoms with Crippen LogP contribution in [0.15, 0.2) is 58.6 Å². The smallest absolute Gasteiger partial charge is 0.341 e. The van der Waals surface area contributed by atoms with E-state index in [1.54, 1.807) is 12.1 Å². The summed E-state index contributed by atoms with van der Waals surface area (Å²) < 4.78 is 10.5. The van der Waals surface area contributed by atoms with Gasteiger partial charge in [-0.05, 0) is 55.0 Å². The van der Waals surface area contributed by atoms with Gasteiger partial charge < -0.3 is 14.6 Å². The van der Waals surface area contributed by atoms with Crippen LogP contribution in [-0.2, 0) is 22.4 Å². The number of hydrogen-bond donors (Lipinski definition) is 1. The first-order valence-electron chi connectivity index (χ1n) is 11.2. The molecule has 2 aromatic carbocycles. The molecule has 0 unspecified atom stereocenters. The number of nitrogens with zero attached hydrogens (tertiary/aromatic N) is 2. The van der Waals surface area contributed by atoms with E-state index >= 15 is 0 Å². The monoisotopic (exact) mass is 483 g/mol. The van der Waals surface area contributed by atoms with Crippen LogP contribution in [0, 0.1) is 11.3 Å². The zero-order valence-electron chi connectivity index (χ0n) is 19.0. The zero-order chi connectivity index (χ0) is 24.4. The summed E-state index contributed by atoms with van der Waals surface area (Å²) in [5.74, 6) is -0.441. The molecule has 2 heterocycles. The molecule has 0 saturated carbocycles. The Morgan fingerprint density at radius 2 is 1.97 bits per heavy atom. The minimum atomic E-state index is -0.579. The van der Waals surface area contributed by atoms with Crippen LogP contribution in [-0.4, -0.2) is 24.1 Å². The van der Waals surface area contributed by atoms with Gasteiger partial charge >= 0.3 is 5.97 Å². The number of carbonyl (C=O) groups is 2. The predicted molar refractivity (Wildman–Crippen MR) is 134 cm³/mol. The van der Waals surface area contributed by atoms with Crippen LogP contribution in [0.2, 0.25) is 0 Å². The number of thiophene rings is 1. The number of hydrogen-bond acceptors (Lipinski definition) is 7. The van der Waals surface area contributed by atoms with Gasteiger partial charge in [0.05, 0.1) is 18.1 Å². The van der Waals surface area contributed by atoms with E-state index in [0.29, 0.717) is 27.4 Å². The van der Waals surface area contributed by atoms with E-state index in [2.05, 4.69) is 10.5 Å². The maximum absolute atomic E-state index is 13.0. The number of anilines is 1. The van der Waals surface area contributed by atoms with Crippen LogP contribution in [0.3, 0.4) is 0 Å². The maximum atomic E-state index is 13.0. The van der Waals surface area contributed by atoms with Gasteiger partial charge in [0.25, 0.3) is 5.91 Å². The SMILES string of the molecule is COC(=O)c1c(NC(=O)/C(C#N)=C/c2ccc3noc(-c4ccccc4)c3c2)sc2c1CCCC2. The number of nitrogens with one attached hydrogen (secondary N) is 1. The van der Waals surface area contributed by atoms with Crippen LogP contribution >= 0.6 is 11.3 Å². The number of aryl methyl sites for hydroxylation is 1. The minimum absolute atomic E-state index is 0.0794.